The largest absolute Gasteiger partial charge is 0.396 e. The highest BCUT2D eigenvalue weighted by Crippen LogP contribution is 2.44. The zero-order valence-corrected chi connectivity index (χ0v) is 14.4. The van der Waals surface area contributed by atoms with Crippen LogP contribution >= 0.6 is 0 Å². The van der Waals surface area contributed by atoms with Gasteiger partial charge in [0.05, 0.1) is 4.90 Å². The smallest absolute Gasteiger partial charge is 0.243 e. The van der Waals surface area contributed by atoms with Gasteiger partial charge in [-0.1, -0.05) is 0 Å². The number of nitrogens with zero attached hydrogens (tertiary/aromatic N) is 2. The van der Waals surface area contributed by atoms with Gasteiger partial charge in [0, 0.05) is 38.3 Å². The van der Waals surface area contributed by atoms with E-state index in [0.717, 1.165) is 25.4 Å². The van der Waals surface area contributed by atoms with Gasteiger partial charge >= 0.3 is 0 Å². The van der Waals surface area contributed by atoms with Crippen LogP contribution < -0.4 is 0 Å². The van der Waals surface area contributed by atoms with Crippen molar-refractivity contribution in [2.45, 2.75) is 29.7 Å². The molecule has 1 aromatic rings. The van der Waals surface area contributed by atoms with Crippen molar-refractivity contribution < 1.29 is 17.9 Å². The summed E-state index contributed by atoms with van der Waals surface area (Å²) >= 11 is 0. The molecule has 0 bridgehead atoms. The van der Waals surface area contributed by atoms with Crippen LogP contribution in [0.4, 0.5) is 4.39 Å². The predicted octanol–water partition coefficient (Wildman–Crippen LogP) is 1.29. The molecule has 2 heterocycles. The molecule has 5 nitrogen and oxygen atoms in total. The van der Waals surface area contributed by atoms with Crippen molar-refractivity contribution in [3.63, 3.8) is 0 Å². The molecule has 1 N–H and O–H groups in total. The lowest BCUT2D eigenvalue weighted by Crippen LogP contribution is -2.69. The Balaban J connectivity index is 1.50. The van der Waals surface area contributed by atoms with E-state index in [0.29, 0.717) is 13.1 Å². The topological polar surface area (TPSA) is 60.9 Å². The van der Waals surface area contributed by atoms with Crippen LogP contribution in [0, 0.1) is 17.7 Å². The van der Waals surface area contributed by atoms with E-state index in [1.807, 2.05) is 0 Å². The maximum atomic E-state index is 13.0. The van der Waals surface area contributed by atoms with Crippen molar-refractivity contribution in [1.29, 1.82) is 0 Å². The molecule has 24 heavy (non-hydrogen) atoms. The first kappa shape index (κ1) is 16.4. The molecule has 132 valence electrons. The molecule has 2 saturated heterocycles. The van der Waals surface area contributed by atoms with Gasteiger partial charge in [-0.3, -0.25) is 4.90 Å². The zero-order valence-electron chi connectivity index (χ0n) is 13.6. The van der Waals surface area contributed by atoms with Crippen LogP contribution in [0.1, 0.15) is 19.3 Å². The molecular formula is C17H23FN2O3S. The number of sulfonamides is 1. The number of aliphatic hydroxyl groups excluding tert-OH is 1. The first-order valence-electron chi connectivity index (χ1n) is 8.55. The van der Waals surface area contributed by atoms with E-state index in [2.05, 4.69) is 4.90 Å². The maximum Gasteiger partial charge on any atom is 0.243 e. The Labute approximate surface area is 142 Å². The molecule has 1 unspecified atom stereocenters. The van der Waals surface area contributed by atoms with Crippen LogP contribution in [0.15, 0.2) is 29.2 Å². The summed E-state index contributed by atoms with van der Waals surface area (Å²) in [5.74, 6) is 0.535. The molecular weight excluding hydrogens is 331 g/mol. The summed E-state index contributed by atoms with van der Waals surface area (Å²) in [5.41, 5.74) is -0.122. The lowest BCUT2D eigenvalue weighted by atomic mass is 9.86. The Morgan fingerprint density at radius 2 is 1.83 bits per heavy atom. The van der Waals surface area contributed by atoms with Crippen LogP contribution in [-0.4, -0.2) is 61.1 Å². The monoisotopic (exact) mass is 354 g/mol. The fraction of sp³-hybridized carbons (Fsp3) is 0.647. The zero-order chi connectivity index (χ0) is 16.9. The number of hydrogen-bond acceptors (Lipinski definition) is 4. The van der Waals surface area contributed by atoms with Gasteiger partial charge in [-0.05, 0) is 55.4 Å². The van der Waals surface area contributed by atoms with Crippen LogP contribution in [0.5, 0.6) is 0 Å². The summed E-state index contributed by atoms with van der Waals surface area (Å²) in [4.78, 5) is 2.55. The Morgan fingerprint density at radius 1 is 1.17 bits per heavy atom. The minimum atomic E-state index is -3.57. The minimum Gasteiger partial charge on any atom is -0.396 e. The summed E-state index contributed by atoms with van der Waals surface area (Å²) in [6, 6.07) is 5.00. The van der Waals surface area contributed by atoms with Crippen LogP contribution in [0.2, 0.25) is 0 Å². The second-order valence-electron chi connectivity index (χ2n) is 7.55. The minimum absolute atomic E-state index is 0.122. The van der Waals surface area contributed by atoms with E-state index < -0.39 is 15.8 Å². The van der Waals surface area contributed by atoms with Crippen LogP contribution in [-0.2, 0) is 10.0 Å². The standard InChI is InChI=1S/C17H23FN2O3S/c18-15-3-5-16(6-4-15)24(22,23)20-11-17(12-20)7-14(10-21)9-19(17)8-13-1-2-13/h3-6,13-14,21H,1-2,7-12H2. The van der Waals surface area contributed by atoms with E-state index in [-0.39, 0.29) is 23.0 Å². The number of likely N-dealkylation sites (tertiary alicyclic amines) is 1. The first-order chi connectivity index (χ1) is 11.4. The van der Waals surface area contributed by atoms with E-state index in [1.165, 1.54) is 41.4 Å². The Kier molecular flexibility index (Phi) is 3.95. The highest BCUT2D eigenvalue weighted by atomic mass is 32.2. The van der Waals surface area contributed by atoms with Gasteiger partial charge < -0.3 is 5.11 Å². The van der Waals surface area contributed by atoms with E-state index in [1.54, 1.807) is 0 Å². The quantitative estimate of drug-likeness (QED) is 0.866. The van der Waals surface area contributed by atoms with Crippen molar-refractivity contribution in [3.8, 4) is 0 Å². The molecule has 0 radical (unpaired) electrons. The van der Waals surface area contributed by atoms with Gasteiger partial charge in [0.2, 0.25) is 10.0 Å². The molecule has 0 amide bonds. The predicted molar refractivity (Wildman–Crippen MR) is 87.4 cm³/mol. The number of halogens is 1. The van der Waals surface area contributed by atoms with E-state index in [4.69, 9.17) is 0 Å². The third kappa shape index (κ3) is 2.77. The third-order valence-corrected chi connectivity index (χ3v) is 7.45. The van der Waals surface area contributed by atoms with Gasteiger partial charge in [-0.25, -0.2) is 12.8 Å². The van der Waals surface area contributed by atoms with Gasteiger partial charge in [0.15, 0.2) is 0 Å². The molecule has 3 aliphatic rings. The molecule has 1 aromatic carbocycles. The van der Waals surface area contributed by atoms with Gasteiger partial charge in [-0.2, -0.15) is 4.31 Å². The Bertz CT molecular complexity index is 712. The summed E-state index contributed by atoms with van der Waals surface area (Å²) in [6.45, 7) is 2.97. The van der Waals surface area contributed by atoms with Crippen molar-refractivity contribution in [2.24, 2.45) is 11.8 Å². The van der Waals surface area contributed by atoms with Gasteiger partial charge in [0.25, 0.3) is 0 Å². The Morgan fingerprint density at radius 3 is 2.42 bits per heavy atom. The summed E-state index contributed by atoms with van der Waals surface area (Å²) in [7, 11) is -3.57. The van der Waals surface area contributed by atoms with Crippen molar-refractivity contribution in [1.82, 2.24) is 9.21 Å². The average molecular weight is 354 g/mol. The lowest BCUT2D eigenvalue weighted by molar-refractivity contribution is 0.0168. The number of aliphatic hydroxyl groups is 1. The third-order valence-electron chi connectivity index (χ3n) is 5.64. The molecule has 1 spiro atoms. The number of benzene rings is 1. The molecule has 1 aliphatic carbocycles. The Hall–Kier alpha value is -1.02. The fourth-order valence-electron chi connectivity index (χ4n) is 4.10. The maximum absolute atomic E-state index is 13.0. The summed E-state index contributed by atoms with van der Waals surface area (Å²) in [5, 5.41) is 9.52. The molecule has 1 atom stereocenters. The van der Waals surface area contributed by atoms with Crippen molar-refractivity contribution in [3.05, 3.63) is 30.1 Å². The van der Waals surface area contributed by atoms with E-state index >= 15 is 0 Å². The molecule has 7 heteroatoms. The summed E-state index contributed by atoms with van der Waals surface area (Å²) in [6.07, 6.45) is 3.37. The van der Waals surface area contributed by atoms with Gasteiger partial charge in [0.1, 0.15) is 5.82 Å². The van der Waals surface area contributed by atoms with Gasteiger partial charge in [-0.15, -0.1) is 0 Å². The molecule has 4 rings (SSSR count). The SMILES string of the molecule is O=S(=O)(c1ccc(F)cc1)N1CC2(CC(CO)CN2CC2CC2)C1. The summed E-state index contributed by atoms with van der Waals surface area (Å²) < 4.78 is 39.9. The molecule has 2 aliphatic heterocycles. The average Bonchev–Trinajstić information content (AvgIpc) is 3.24. The number of hydrogen-bond donors (Lipinski definition) is 1. The first-order valence-corrected chi connectivity index (χ1v) is 9.99. The molecule has 1 saturated carbocycles. The number of rotatable bonds is 5. The van der Waals surface area contributed by atoms with Crippen LogP contribution in [0.3, 0.4) is 0 Å². The van der Waals surface area contributed by atoms with E-state index in [9.17, 15) is 17.9 Å². The molecule has 3 fully saturated rings. The highest BCUT2D eigenvalue weighted by Gasteiger charge is 2.56. The second-order valence-corrected chi connectivity index (χ2v) is 9.49. The highest BCUT2D eigenvalue weighted by molar-refractivity contribution is 7.89. The second kappa shape index (κ2) is 5.76. The lowest BCUT2D eigenvalue weighted by Gasteiger charge is -2.52. The van der Waals surface area contributed by atoms with Crippen LogP contribution in [0.25, 0.3) is 0 Å². The normalized spacial score (nSPS) is 27.5. The van der Waals surface area contributed by atoms with Crippen molar-refractivity contribution in [2.75, 3.05) is 32.8 Å². The fourth-order valence-corrected chi connectivity index (χ4v) is 5.70. The molecule has 0 aromatic heterocycles. The van der Waals surface area contributed by atoms with Crippen molar-refractivity contribution >= 4 is 10.0 Å².